The number of hydrogen-bond acceptors (Lipinski definition) is 3. The molecule has 1 rings (SSSR count). The van der Waals surface area contributed by atoms with E-state index >= 15 is 0 Å². The Morgan fingerprint density at radius 2 is 1.88 bits per heavy atom. The first-order chi connectivity index (χ1) is 7.55. The van der Waals surface area contributed by atoms with Gasteiger partial charge in [0, 0.05) is 12.6 Å². The second-order valence-corrected chi connectivity index (χ2v) is 6.49. The number of sulfonamides is 1. The Hall–Kier alpha value is -0.130. The van der Waals surface area contributed by atoms with Gasteiger partial charge in [-0.2, -0.15) is 4.31 Å². The first-order valence-electron chi connectivity index (χ1n) is 6.15. The van der Waals surface area contributed by atoms with Crippen LogP contribution in [0.5, 0.6) is 0 Å². The summed E-state index contributed by atoms with van der Waals surface area (Å²) < 4.78 is 25.8. The zero-order valence-electron chi connectivity index (χ0n) is 10.2. The van der Waals surface area contributed by atoms with E-state index in [0.29, 0.717) is 0 Å². The van der Waals surface area contributed by atoms with Crippen molar-refractivity contribution in [1.82, 2.24) is 4.31 Å². The molecule has 0 aromatic rings. The fraction of sp³-hybridized carbons (Fsp3) is 1.00. The van der Waals surface area contributed by atoms with Gasteiger partial charge in [0.25, 0.3) is 0 Å². The van der Waals surface area contributed by atoms with Gasteiger partial charge in [-0.3, -0.25) is 0 Å². The molecule has 1 fully saturated rings. The molecule has 4 nitrogen and oxygen atoms in total. The van der Waals surface area contributed by atoms with E-state index in [1.54, 1.807) is 0 Å². The molecule has 0 aromatic carbocycles. The SMILES string of the molecule is CCC(CC)CS(=O)(=O)N(CCO)C1CC1. The minimum absolute atomic E-state index is 0.0847. The van der Waals surface area contributed by atoms with Crippen molar-refractivity contribution in [2.45, 2.75) is 45.6 Å². The van der Waals surface area contributed by atoms with Crippen LogP contribution in [0.2, 0.25) is 0 Å². The normalized spacial score (nSPS) is 17.3. The van der Waals surface area contributed by atoms with Crippen molar-refractivity contribution in [1.29, 1.82) is 0 Å². The quantitative estimate of drug-likeness (QED) is 0.703. The summed E-state index contributed by atoms with van der Waals surface area (Å²) in [6.45, 7) is 4.22. The average Bonchev–Trinajstić information content (AvgIpc) is 3.06. The standard InChI is InChI=1S/C11H23NO3S/c1-3-10(4-2)9-16(14,15)12(7-8-13)11-5-6-11/h10-11,13H,3-9H2,1-2H3. The minimum Gasteiger partial charge on any atom is -0.395 e. The number of aliphatic hydroxyl groups excluding tert-OH is 1. The highest BCUT2D eigenvalue weighted by Gasteiger charge is 2.37. The number of aliphatic hydroxyl groups is 1. The molecule has 0 radical (unpaired) electrons. The molecule has 0 aliphatic heterocycles. The third-order valence-corrected chi connectivity index (χ3v) is 5.32. The monoisotopic (exact) mass is 249 g/mol. The van der Waals surface area contributed by atoms with Crippen LogP contribution >= 0.6 is 0 Å². The third kappa shape index (κ3) is 3.71. The summed E-state index contributed by atoms with van der Waals surface area (Å²) in [5, 5.41) is 8.92. The molecule has 1 aliphatic rings. The summed E-state index contributed by atoms with van der Waals surface area (Å²) >= 11 is 0. The molecular weight excluding hydrogens is 226 g/mol. The fourth-order valence-electron chi connectivity index (χ4n) is 1.93. The van der Waals surface area contributed by atoms with Crippen molar-refractivity contribution < 1.29 is 13.5 Å². The van der Waals surface area contributed by atoms with E-state index < -0.39 is 10.0 Å². The van der Waals surface area contributed by atoms with Crippen LogP contribution in [0.25, 0.3) is 0 Å². The zero-order valence-corrected chi connectivity index (χ0v) is 11.0. The summed E-state index contributed by atoms with van der Waals surface area (Å²) in [5.74, 6) is 0.473. The maximum atomic E-state index is 12.1. The van der Waals surface area contributed by atoms with Crippen LogP contribution in [0.4, 0.5) is 0 Å². The Morgan fingerprint density at radius 1 is 1.31 bits per heavy atom. The summed E-state index contributed by atoms with van der Waals surface area (Å²) in [7, 11) is -3.17. The Kier molecular flexibility index (Phi) is 5.21. The molecule has 1 N–H and O–H groups in total. The van der Waals surface area contributed by atoms with E-state index in [4.69, 9.17) is 5.11 Å². The predicted octanol–water partition coefficient (Wildman–Crippen LogP) is 1.21. The van der Waals surface area contributed by atoms with Gasteiger partial charge < -0.3 is 5.11 Å². The summed E-state index contributed by atoms with van der Waals surface area (Å²) in [4.78, 5) is 0. The molecule has 0 spiro atoms. The van der Waals surface area contributed by atoms with E-state index in [-0.39, 0.29) is 30.9 Å². The van der Waals surface area contributed by atoms with Gasteiger partial charge in [-0.05, 0) is 18.8 Å². The van der Waals surface area contributed by atoms with Gasteiger partial charge in [-0.1, -0.05) is 26.7 Å². The summed E-state index contributed by atoms with van der Waals surface area (Å²) in [5.41, 5.74) is 0. The van der Waals surface area contributed by atoms with Gasteiger partial charge >= 0.3 is 0 Å². The predicted molar refractivity (Wildman–Crippen MR) is 64.7 cm³/mol. The third-order valence-electron chi connectivity index (χ3n) is 3.23. The molecule has 0 bridgehead atoms. The molecule has 0 saturated heterocycles. The average molecular weight is 249 g/mol. The maximum absolute atomic E-state index is 12.1. The van der Waals surface area contributed by atoms with Crippen LogP contribution in [0.15, 0.2) is 0 Å². The zero-order chi connectivity index (χ0) is 12.2. The highest BCUT2D eigenvalue weighted by molar-refractivity contribution is 7.89. The summed E-state index contributed by atoms with van der Waals surface area (Å²) in [6.07, 6.45) is 3.69. The molecule has 1 aliphatic carbocycles. The molecule has 0 atom stereocenters. The van der Waals surface area contributed by atoms with Gasteiger partial charge in [0.2, 0.25) is 10.0 Å². The van der Waals surface area contributed by atoms with Crippen LogP contribution in [-0.4, -0.2) is 42.8 Å². The number of nitrogens with zero attached hydrogens (tertiary/aromatic N) is 1. The molecule has 0 unspecified atom stereocenters. The van der Waals surface area contributed by atoms with Gasteiger partial charge in [-0.25, -0.2) is 8.42 Å². The van der Waals surface area contributed by atoms with Gasteiger partial charge in [-0.15, -0.1) is 0 Å². The molecular formula is C11H23NO3S. The Morgan fingerprint density at radius 3 is 2.25 bits per heavy atom. The molecule has 0 heterocycles. The summed E-state index contributed by atoms with van der Waals surface area (Å²) in [6, 6.07) is 0.159. The maximum Gasteiger partial charge on any atom is 0.214 e. The van der Waals surface area contributed by atoms with E-state index in [2.05, 4.69) is 0 Å². The second kappa shape index (κ2) is 5.98. The van der Waals surface area contributed by atoms with Gasteiger partial charge in [0.05, 0.1) is 12.4 Å². The van der Waals surface area contributed by atoms with Gasteiger partial charge in [0.15, 0.2) is 0 Å². The van der Waals surface area contributed by atoms with Crippen LogP contribution < -0.4 is 0 Å². The van der Waals surface area contributed by atoms with Crippen LogP contribution in [0.3, 0.4) is 0 Å². The fourth-order valence-corrected chi connectivity index (χ4v) is 4.21. The largest absolute Gasteiger partial charge is 0.395 e. The first kappa shape index (κ1) is 13.9. The number of rotatable bonds is 8. The number of hydrogen-bond donors (Lipinski definition) is 1. The highest BCUT2D eigenvalue weighted by Crippen LogP contribution is 2.30. The van der Waals surface area contributed by atoms with Crippen molar-refractivity contribution in [2.24, 2.45) is 5.92 Å². The van der Waals surface area contributed by atoms with Crippen LogP contribution in [0.1, 0.15) is 39.5 Å². The van der Waals surface area contributed by atoms with Crippen molar-refractivity contribution in [3.8, 4) is 0 Å². The van der Waals surface area contributed by atoms with Crippen molar-refractivity contribution in [2.75, 3.05) is 18.9 Å². The van der Waals surface area contributed by atoms with E-state index in [9.17, 15) is 8.42 Å². The van der Waals surface area contributed by atoms with Crippen molar-refractivity contribution in [3.63, 3.8) is 0 Å². The lowest BCUT2D eigenvalue weighted by atomic mass is 10.1. The Labute approximate surface area is 98.7 Å². The molecule has 96 valence electrons. The minimum atomic E-state index is -3.17. The van der Waals surface area contributed by atoms with Crippen LogP contribution in [0, 0.1) is 5.92 Å². The molecule has 16 heavy (non-hydrogen) atoms. The lowest BCUT2D eigenvalue weighted by Gasteiger charge is -2.23. The lowest BCUT2D eigenvalue weighted by molar-refractivity contribution is 0.249. The first-order valence-corrected chi connectivity index (χ1v) is 7.76. The smallest absolute Gasteiger partial charge is 0.214 e. The topological polar surface area (TPSA) is 57.6 Å². The Balaban J connectivity index is 2.65. The second-order valence-electron chi connectivity index (χ2n) is 4.53. The van der Waals surface area contributed by atoms with Crippen LogP contribution in [-0.2, 0) is 10.0 Å². The highest BCUT2D eigenvalue weighted by atomic mass is 32.2. The lowest BCUT2D eigenvalue weighted by Crippen LogP contribution is -2.38. The molecule has 0 amide bonds. The van der Waals surface area contributed by atoms with E-state index in [1.165, 1.54) is 4.31 Å². The van der Waals surface area contributed by atoms with E-state index in [1.807, 2.05) is 13.8 Å². The molecule has 0 aromatic heterocycles. The Bertz CT molecular complexity index is 294. The van der Waals surface area contributed by atoms with E-state index in [0.717, 1.165) is 25.7 Å². The molecule has 1 saturated carbocycles. The molecule has 5 heteroatoms. The van der Waals surface area contributed by atoms with Gasteiger partial charge in [0.1, 0.15) is 0 Å². The van der Waals surface area contributed by atoms with Crippen molar-refractivity contribution >= 4 is 10.0 Å². The van der Waals surface area contributed by atoms with Crippen molar-refractivity contribution in [3.05, 3.63) is 0 Å².